The zero-order chi connectivity index (χ0) is 33.8. The van der Waals surface area contributed by atoms with Crippen molar-refractivity contribution in [1.82, 2.24) is 25.4 Å². The lowest BCUT2D eigenvalue weighted by Gasteiger charge is -2.36. The number of alkyl halides is 2. The number of anilines is 2. The molecule has 5 aliphatic rings. The number of thiophene rings is 1. The molecule has 0 saturated carbocycles. The van der Waals surface area contributed by atoms with E-state index in [-0.39, 0.29) is 67.0 Å². The highest BCUT2D eigenvalue weighted by Crippen LogP contribution is 2.53. The van der Waals surface area contributed by atoms with Crippen molar-refractivity contribution in [1.29, 1.82) is 5.26 Å². The topological polar surface area (TPSA) is 152 Å². The van der Waals surface area contributed by atoms with E-state index in [9.17, 15) is 14.4 Å². The zero-order valence-electron chi connectivity index (χ0n) is 25.8. The quantitative estimate of drug-likeness (QED) is 0.177. The molecule has 7 heterocycles. The highest BCUT2D eigenvalue weighted by atomic mass is 35.5. The second-order valence-electron chi connectivity index (χ2n) is 13.2. The first kappa shape index (κ1) is 30.8. The molecule has 4 aromatic rings. The van der Waals surface area contributed by atoms with Gasteiger partial charge in [0.25, 0.3) is 6.36 Å². The fourth-order valence-electron chi connectivity index (χ4n) is 7.98. The summed E-state index contributed by atoms with van der Waals surface area (Å²) in [5.74, 6) is -0.380. The monoisotopic (exact) mass is 710 g/mol. The van der Waals surface area contributed by atoms with E-state index in [0.717, 1.165) is 30.7 Å². The highest BCUT2D eigenvalue weighted by Gasteiger charge is 2.50. The van der Waals surface area contributed by atoms with Crippen molar-refractivity contribution in [3.8, 4) is 28.7 Å². The maximum absolute atomic E-state index is 16.9. The number of hydrogen-bond acceptors (Lipinski definition) is 10. The third kappa shape index (κ3) is 4.76. The number of nitriles is 1. The predicted octanol–water partition coefficient (Wildman–Crippen LogP) is 4.87. The van der Waals surface area contributed by atoms with Gasteiger partial charge in [-0.1, -0.05) is 17.7 Å². The molecular weight excluding hydrogens is 681 g/mol. The number of nitrogen functional groups attached to an aromatic ring is 1. The Kier molecular flexibility index (Phi) is 7.02. The summed E-state index contributed by atoms with van der Waals surface area (Å²) in [4.78, 5) is 14.9. The van der Waals surface area contributed by atoms with E-state index in [0.29, 0.717) is 36.3 Å². The van der Waals surface area contributed by atoms with Gasteiger partial charge in [-0.15, -0.1) is 11.3 Å². The molecule has 3 saturated heterocycles. The number of ether oxygens (including phenoxy) is 2. The molecule has 254 valence electrons. The summed E-state index contributed by atoms with van der Waals surface area (Å²) in [6.07, 6.45) is -1.03. The van der Waals surface area contributed by atoms with Gasteiger partial charge in [-0.3, -0.25) is 15.0 Å². The molecule has 2 aromatic heterocycles. The fraction of sp³-hybridized carbons (Fsp3) is 0.394. The van der Waals surface area contributed by atoms with Crippen molar-refractivity contribution in [3.63, 3.8) is 0 Å². The van der Waals surface area contributed by atoms with Gasteiger partial charge in [-0.25, -0.2) is 8.78 Å². The summed E-state index contributed by atoms with van der Waals surface area (Å²) in [5.41, 5.74) is 7.31. The molecule has 9 rings (SSSR count). The molecule has 2 aromatic carbocycles. The normalized spacial score (nSPS) is 28.1. The Hall–Kier alpha value is -4.20. The van der Waals surface area contributed by atoms with Crippen LogP contribution in [-0.4, -0.2) is 65.7 Å². The fourth-order valence-corrected chi connectivity index (χ4v) is 9.24. The number of hydrogen-bond donors (Lipinski definition) is 5. The Balaban J connectivity index is 1.18. The van der Waals surface area contributed by atoms with Crippen LogP contribution in [0.25, 0.3) is 21.2 Å². The standard InChI is InChI=1S/C33H30ClF3N8O3S/c34-17-12-45-25(23(17)15-2-3-18(36)27-22(15)16(9-38)29(39)49-27)28(37)48-26-21(47-13-33-6-1-7-44(33)11-14(35)8-33)5-4-19-24(26)30(45)42-32(41-19)43-31(46)20-10-40-20/h2-5,12,14,20,28,30,32,40-42H,1,6-8,10-11,13,39H2,(H,43,46)/t14-,20-,28?,30+,32-,33+/m1/s1. The average molecular weight is 711 g/mol. The van der Waals surface area contributed by atoms with Crippen LogP contribution in [0.2, 0.25) is 5.02 Å². The van der Waals surface area contributed by atoms with Gasteiger partial charge in [0.05, 0.1) is 32.4 Å². The number of aromatic nitrogens is 1. The predicted molar refractivity (Wildman–Crippen MR) is 177 cm³/mol. The molecule has 1 unspecified atom stereocenters. The van der Waals surface area contributed by atoms with E-state index >= 15 is 8.78 Å². The molecular formula is C33H30ClF3N8O3S. The van der Waals surface area contributed by atoms with Gasteiger partial charge in [0.1, 0.15) is 41.5 Å². The first-order valence-corrected chi connectivity index (χ1v) is 17.2. The minimum atomic E-state index is -2.11. The van der Waals surface area contributed by atoms with Gasteiger partial charge in [0.2, 0.25) is 5.91 Å². The van der Waals surface area contributed by atoms with Crippen LogP contribution < -0.4 is 36.5 Å². The number of fused-ring (bicyclic) bond motifs is 4. The van der Waals surface area contributed by atoms with Gasteiger partial charge in [-0.05, 0) is 43.1 Å². The molecule has 1 amide bonds. The van der Waals surface area contributed by atoms with Crippen LogP contribution >= 0.6 is 22.9 Å². The second-order valence-corrected chi connectivity index (χ2v) is 14.6. The number of benzene rings is 2. The first-order chi connectivity index (χ1) is 23.7. The Bertz CT molecular complexity index is 2100. The average Bonchev–Trinajstić information content (AvgIpc) is 3.56. The summed E-state index contributed by atoms with van der Waals surface area (Å²) in [7, 11) is 0. The van der Waals surface area contributed by atoms with Crippen LogP contribution in [0.5, 0.6) is 11.5 Å². The molecule has 3 fully saturated rings. The molecule has 6 N–H and O–H groups in total. The summed E-state index contributed by atoms with van der Waals surface area (Å²) in [6, 6.07) is 7.88. The van der Waals surface area contributed by atoms with E-state index in [2.05, 4.69) is 32.2 Å². The van der Waals surface area contributed by atoms with Crippen LogP contribution in [0, 0.1) is 17.1 Å². The lowest BCUT2D eigenvalue weighted by molar-refractivity contribution is -0.121. The zero-order valence-corrected chi connectivity index (χ0v) is 27.4. The summed E-state index contributed by atoms with van der Waals surface area (Å²) in [5, 5.41) is 23.0. The van der Waals surface area contributed by atoms with Crippen LogP contribution in [0.1, 0.15) is 48.6 Å². The van der Waals surface area contributed by atoms with E-state index in [4.69, 9.17) is 26.8 Å². The van der Waals surface area contributed by atoms with Crippen LogP contribution in [0.3, 0.4) is 0 Å². The lowest BCUT2D eigenvalue weighted by atomic mass is 9.95. The number of carbonyl (C=O) groups excluding carboxylic acids is 1. The van der Waals surface area contributed by atoms with Gasteiger partial charge in [0.15, 0.2) is 17.8 Å². The molecule has 0 bridgehead atoms. The van der Waals surface area contributed by atoms with Gasteiger partial charge < -0.3 is 35.7 Å². The van der Waals surface area contributed by atoms with Crippen LogP contribution in [-0.2, 0) is 4.79 Å². The third-order valence-corrected chi connectivity index (χ3v) is 11.6. The number of nitrogens with one attached hydrogen (secondary N) is 4. The molecule has 11 nitrogen and oxygen atoms in total. The van der Waals surface area contributed by atoms with Crippen LogP contribution in [0.4, 0.5) is 23.9 Å². The number of carbonyl (C=O) groups is 1. The Labute approximate surface area is 287 Å². The molecule has 0 aliphatic carbocycles. The van der Waals surface area contributed by atoms with E-state index < -0.39 is 36.3 Å². The lowest BCUT2D eigenvalue weighted by Crippen LogP contribution is -2.56. The number of halogens is 4. The van der Waals surface area contributed by atoms with E-state index in [1.54, 1.807) is 22.9 Å². The number of nitrogens with zero attached hydrogens (tertiary/aromatic N) is 3. The van der Waals surface area contributed by atoms with Crippen molar-refractivity contribution < 1.29 is 27.4 Å². The summed E-state index contributed by atoms with van der Waals surface area (Å²) >= 11 is 7.82. The Morgan fingerprint density at radius 1 is 1.31 bits per heavy atom. The first-order valence-electron chi connectivity index (χ1n) is 16.0. The summed E-state index contributed by atoms with van der Waals surface area (Å²) < 4.78 is 60.8. The SMILES string of the molecule is N#Cc1c(N)sc2c(F)ccc(-c3c(Cl)cn4c3C(F)Oc3c(OC[C@@]56CCCN5C[C@H](F)C6)ccc5c3[C@H]4N[C@H](NC(=O)[C@H]3CN3)N5)c12. The third-order valence-electron chi connectivity index (χ3n) is 10.3. The van der Waals surface area contributed by atoms with Crippen LogP contribution in [0.15, 0.2) is 30.5 Å². The van der Waals surface area contributed by atoms with E-state index in [1.807, 2.05) is 0 Å². The molecule has 6 atom stereocenters. The maximum Gasteiger partial charge on any atom is 0.279 e. The Morgan fingerprint density at radius 3 is 2.94 bits per heavy atom. The molecule has 5 aliphatic heterocycles. The molecule has 0 radical (unpaired) electrons. The second kappa shape index (κ2) is 11.2. The van der Waals surface area contributed by atoms with Gasteiger partial charge >= 0.3 is 0 Å². The van der Waals surface area contributed by atoms with Gasteiger partial charge in [0, 0.05) is 42.3 Å². The maximum atomic E-state index is 16.9. The van der Waals surface area contributed by atoms with Crippen molar-refractivity contribution in [2.75, 3.05) is 37.3 Å². The van der Waals surface area contributed by atoms with E-state index in [1.165, 1.54) is 12.1 Å². The minimum absolute atomic E-state index is 0.00429. The highest BCUT2D eigenvalue weighted by molar-refractivity contribution is 7.23. The molecule has 16 heteroatoms. The van der Waals surface area contributed by atoms with Crippen molar-refractivity contribution in [2.24, 2.45) is 0 Å². The number of rotatable bonds is 6. The minimum Gasteiger partial charge on any atom is -0.488 e. The Morgan fingerprint density at radius 2 is 2.14 bits per heavy atom. The number of amides is 1. The smallest absolute Gasteiger partial charge is 0.279 e. The van der Waals surface area contributed by atoms with Crippen molar-refractivity contribution >= 4 is 49.6 Å². The number of nitrogens with two attached hydrogens (primary N) is 1. The molecule has 0 spiro atoms. The van der Waals surface area contributed by atoms with Gasteiger partial charge in [-0.2, -0.15) is 9.65 Å². The molecule has 49 heavy (non-hydrogen) atoms. The summed E-state index contributed by atoms with van der Waals surface area (Å²) in [6.45, 7) is 1.92. The van der Waals surface area contributed by atoms with Crippen molar-refractivity contribution in [3.05, 3.63) is 58.1 Å². The largest absolute Gasteiger partial charge is 0.488 e. The van der Waals surface area contributed by atoms with Crippen molar-refractivity contribution in [2.45, 2.75) is 55.8 Å².